The topological polar surface area (TPSA) is 57.9 Å². The van der Waals surface area contributed by atoms with Crippen LogP contribution in [0.3, 0.4) is 0 Å². The van der Waals surface area contributed by atoms with E-state index in [0.29, 0.717) is 18.3 Å². The summed E-state index contributed by atoms with van der Waals surface area (Å²) in [6.45, 7) is 3.62. The number of aryl methyl sites for hydroxylation is 1. The molecule has 1 aromatic heterocycles. The van der Waals surface area contributed by atoms with Crippen molar-refractivity contribution in [3.63, 3.8) is 0 Å². The molecule has 0 bridgehead atoms. The van der Waals surface area contributed by atoms with Crippen molar-refractivity contribution >= 4 is 0 Å². The number of ether oxygens (including phenoxy) is 1. The average molecular weight is 217 g/mol. The molecule has 0 radical (unpaired) electrons. The molecule has 0 saturated carbocycles. The van der Waals surface area contributed by atoms with Crippen LogP contribution in [0.15, 0.2) is 12.3 Å². The Morgan fingerprint density at radius 3 is 3.19 bits per heavy atom. The summed E-state index contributed by atoms with van der Waals surface area (Å²) in [5, 5.41) is 12.1. The molecule has 1 saturated heterocycles. The molecule has 1 aromatic rings. The lowest BCUT2D eigenvalue weighted by Gasteiger charge is -2.12. The largest absolute Gasteiger partial charge is 0.490 e. The van der Waals surface area contributed by atoms with Gasteiger partial charge in [0.15, 0.2) is 0 Å². The maximum absolute atomic E-state index is 8.75. The number of hydrogen-bond acceptors (Lipinski definition) is 4. The van der Waals surface area contributed by atoms with Crippen LogP contribution in [0.2, 0.25) is 0 Å². The van der Waals surface area contributed by atoms with Crippen LogP contribution in [-0.2, 0) is 0 Å². The van der Waals surface area contributed by atoms with Crippen molar-refractivity contribution in [3.05, 3.63) is 23.5 Å². The van der Waals surface area contributed by atoms with E-state index < -0.39 is 0 Å². The molecule has 4 nitrogen and oxygen atoms in total. The van der Waals surface area contributed by atoms with Gasteiger partial charge in [-0.05, 0) is 37.9 Å². The van der Waals surface area contributed by atoms with E-state index in [0.717, 1.165) is 17.9 Å². The van der Waals surface area contributed by atoms with E-state index in [1.165, 1.54) is 12.8 Å². The van der Waals surface area contributed by atoms with Gasteiger partial charge in [0, 0.05) is 6.04 Å². The summed E-state index contributed by atoms with van der Waals surface area (Å²) in [5.41, 5.74) is 1.32. The summed E-state index contributed by atoms with van der Waals surface area (Å²) in [6.07, 6.45) is 4.00. The summed E-state index contributed by atoms with van der Waals surface area (Å²) in [5.74, 6) is 0.741. The molecule has 2 heterocycles. The van der Waals surface area contributed by atoms with Gasteiger partial charge in [0.05, 0.1) is 6.20 Å². The lowest BCUT2D eigenvalue weighted by molar-refractivity contribution is 0.276. The summed E-state index contributed by atoms with van der Waals surface area (Å²) < 4.78 is 5.64. The van der Waals surface area contributed by atoms with Crippen molar-refractivity contribution in [1.29, 1.82) is 5.26 Å². The number of nitrogens with zero attached hydrogens (tertiary/aromatic N) is 2. The van der Waals surface area contributed by atoms with Crippen molar-refractivity contribution in [2.45, 2.75) is 25.8 Å². The number of rotatable bonds is 3. The van der Waals surface area contributed by atoms with E-state index in [-0.39, 0.29) is 0 Å². The van der Waals surface area contributed by atoms with Crippen LogP contribution in [-0.4, -0.2) is 24.2 Å². The molecule has 0 amide bonds. The molecule has 1 N–H and O–H groups in total. The zero-order valence-electron chi connectivity index (χ0n) is 9.36. The Morgan fingerprint density at radius 2 is 2.56 bits per heavy atom. The molecular formula is C12H15N3O. The standard InChI is InChI=1S/C12H15N3O/c1-9-5-11(7-15-12(9)6-13)16-8-10-3-2-4-14-10/h5,7,10,14H,2-4,8H2,1H3. The second kappa shape index (κ2) is 4.95. The second-order valence-corrected chi connectivity index (χ2v) is 4.05. The Morgan fingerprint density at radius 1 is 1.69 bits per heavy atom. The molecule has 84 valence electrons. The van der Waals surface area contributed by atoms with Crippen LogP contribution in [0.1, 0.15) is 24.1 Å². The first-order valence-electron chi connectivity index (χ1n) is 5.52. The van der Waals surface area contributed by atoms with Crippen LogP contribution in [0.25, 0.3) is 0 Å². The van der Waals surface area contributed by atoms with Crippen LogP contribution in [0.4, 0.5) is 0 Å². The smallest absolute Gasteiger partial charge is 0.143 e. The van der Waals surface area contributed by atoms with Crippen LogP contribution in [0.5, 0.6) is 5.75 Å². The number of nitrogens with one attached hydrogen (secondary N) is 1. The summed E-state index contributed by atoms with van der Waals surface area (Å²) in [7, 11) is 0. The Hall–Kier alpha value is -1.60. The Balaban J connectivity index is 1.94. The minimum Gasteiger partial charge on any atom is -0.490 e. The van der Waals surface area contributed by atoms with Gasteiger partial charge in [-0.2, -0.15) is 5.26 Å². The highest BCUT2D eigenvalue weighted by atomic mass is 16.5. The summed E-state index contributed by atoms with van der Waals surface area (Å²) in [4.78, 5) is 4.04. The van der Waals surface area contributed by atoms with Crippen molar-refractivity contribution in [1.82, 2.24) is 10.3 Å². The molecule has 4 heteroatoms. The molecule has 2 rings (SSSR count). The van der Waals surface area contributed by atoms with Crippen molar-refractivity contribution in [2.75, 3.05) is 13.2 Å². The first-order chi connectivity index (χ1) is 7.79. The highest BCUT2D eigenvalue weighted by Crippen LogP contribution is 2.15. The average Bonchev–Trinajstić information content (AvgIpc) is 2.79. The predicted octanol–water partition coefficient (Wildman–Crippen LogP) is 1.39. The van der Waals surface area contributed by atoms with Gasteiger partial charge in [0.1, 0.15) is 24.1 Å². The molecule has 1 atom stereocenters. The van der Waals surface area contributed by atoms with Crippen molar-refractivity contribution < 1.29 is 4.74 Å². The summed E-state index contributed by atoms with van der Waals surface area (Å²) >= 11 is 0. The van der Waals surface area contributed by atoms with Gasteiger partial charge in [-0.1, -0.05) is 0 Å². The summed E-state index contributed by atoms with van der Waals surface area (Å²) in [6, 6.07) is 4.36. The van der Waals surface area contributed by atoms with E-state index in [4.69, 9.17) is 10.00 Å². The van der Waals surface area contributed by atoms with Gasteiger partial charge < -0.3 is 10.1 Å². The molecule has 1 unspecified atom stereocenters. The van der Waals surface area contributed by atoms with Gasteiger partial charge in [0.25, 0.3) is 0 Å². The van der Waals surface area contributed by atoms with Crippen molar-refractivity contribution in [3.8, 4) is 11.8 Å². The fraction of sp³-hybridized carbons (Fsp3) is 0.500. The number of hydrogen-bond donors (Lipinski definition) is 1. The molecule has 1 aliphatic rings. The maximum atomic E-state index is 8.75. The van der Waals surface area contributed by atoms with Crippen LogP contribution >= 0.6 is 0 Å². The highest BCUT2D eigenvalue weighted by molar-refractivity contribution is 5.35. The second-order valence-electron chi connectivity index (χ2n) is 4.05. The van der Waals surface area contributed by atoms with E-state index in [1.807, 2.05) is 19.1 Å². The van der Waals surface area contributed by atoms with Gasteiger partial charge in [-0.15, -0.1) is 0 Å². The van der Waals surface area contributed by atoms with Gasteiger partial charge in [-0.3, -0.25) is 0 Å². The minimum absolute atomic E-state index is 0.455. The molecular weight excluding hydrogens is 202 g/mol. The quantitative estimate of drug-likeness (QED) is 0.831. The third kappa shape index (κ3) is 2.50. The third-order valence-corrected chi connectivity index (χ3v) is 2.77. The fourth-order valence-corrected chi connectivity index (χ4v) is 1.84. The number of pyridine rings is 1. The van der Waals surface area contributed by atoms with Gasteiger partial charge in [0.2, 0.25) is 0 Å². The van der Waals surface area contributed by atoms with E-state index in [2.05, 4.69) is 10.3 Å². The molecule has 0 aromatic carbocycles. The first kappa shape index (κ1) is 10.9. The molecule has 0 aliphatic carbocycles. The lowest BCUT2D eigenvalue weighted by atomic mass is 10.2. The van der Waals surface area contributed by atoms with Crippen molar-refractivity contribution in [2.24, 2.45) is 0 Å². The minimum atomic E-state index is 0.455. The zero-order valence-corrected chi connectivity index (χ0v) is 9.36. The predicted molar refractivity (Wildman–Crippen MR) is 60.2 cm³/mol. The normalized spacial score (nSPS) is 19.4. The molecule has 1 fully saturated rings. The highest BCUT2D eigenvalue weighted by Gasteiger charge is 2.14. The van der Waals surface area contributed by atoms with E-state index in [9.17, 15) is 0 Å². The monoisotopic (exact) mass is 217 g/mol. The fourth-order valence-electron chi connectivity index (χ4n) is 1.84. The Labute approximate surface area is 95.3 Å². The van der Waals surface area contributed by atoms with Crippen LogP contribution < -0.4 is 10.1 Å². The van der Waals surface area contributed by atoms with Gasteiger partial charge >= 0.3 is 0 Å². The van der Waals surface area contributed by atoms with E-state index in [1.54, 1.807) is 6.20 Å². The number of aromatic nitrogens is 1. The lowest BCUT2D eigenvalue weighted by Crippen LogP contribution is -2.28. The Bertz CT molecular complexity index is 405. The first-order valence-corrected chi connectivity index (χ1v) is 5.52. The van der Waals surface area contributed by atoms with Crippen LogP contribution in [0, 0.1) is 18.3 Å². The molecule has 0 spiro atoms. The molecule has 1 aliphatic heterocycles. The maximum Gasteiger partial charge on any atom is 0.143 e. The molecule has 16 heavy (non-hydrogen) atoms. The zero-order chi connectivity index (χ0) is 11.4. The Kier molecular flexibility index (Phi) is 3.37. The van der Waals surface area contributed by atoms with E-state index >= 15 is 0 Å². The third-order valence-electron chi connectivity index (χ3n) is 2.77. The SMILES string of the molecule is Cc1cc(OCC2CCCN2)cnc1C#N. The van der Waals surface area contributed by atoms with Gasteiger partial charge in [-0.25, -0.2) is 4.98 Å². The number of nitriles is 1.